The van der Waals surface area contributed by atoms with Gasteiger partial charge in [-0.1, -0.05) is 181 Å². The Morgan fingerprint density at radius 1 is 0.457 bits per heavy atom. The van der Waals surface area contributed by atoms with Gasteiger partial charge in [0.2, 0.25) is 0 Å². The Kier molecular flexibility index (Phi) is 42.7. The van der Waals surface area contributed by atoms with Crippen LogP contribution in [-0.2, 0) is 19.1 Å². The highest BCUT2D eigenvalue weighted by atomic mass is 16.5. The van der Waals surface area contributed by atoms with Gasteiger partial charge in [0.05, 0.1) is 13.2 Å². The summed E-state index contributed by atoms with van der Waals surface area (Å²) in [5.41, 5.74) is 0. The lowest BCUT2D eigenvalue weighted by Gasteiger charge is -2.08. The first-order valence-electron chi connectivity index (χ1n) is 19.7. The summed E-state index contributed by atoms with van der Waals surface area (Å²) in [4.78, 5) is 22.6. The fourth-order valence-corrected chi connectivity index (χ4v) is 5.47. The van der Waals surface area contributed by atoms with Crippen LogP contribution in [0.4, 0.5) is 0 Å². The van der Waals surface area contributed by atoms with Crippen LogP contribution in [-0.4, -0.2) is 59.8 Å². The molecule has 46 heavy (non-hydrogen) atoms. The van der Waals surface area contributed by atoms with Crippen molar-refractivity contribution in [2.45, 2.75) is 213 Å². The van der Waals surface area contributed by atoms with Crippen molar-refractivity contribution in [2.75, 3.05) is 26.4 Å². The smallest absolute Gasteiger partial charge is 0.305 e. The van der Waals surface area contributed by atoms with Gasteiger partial charge in [-0.05, 0) is 12.8 Å². The Morgan fingerprint density at radius 2 is 0.739 bits per heavy atom. The summed E-state index contributed by atoms with van der Waals surface area (Å²) in [6.07, 6.45) is 36.6. The molecule has 0 spiro atoms. The van der Waals surface area contributed by atoms with E-state index in [0.717, 1.165) is 25.7 Å². The van der Waals surface area contributed by atoms with E-state index in [1.54, 1.807) is 0 Å². The Morgan fingerprint density at radius 3 is 1.02 bits per heavy atom. The molecule has 0 saturated carbocycles. The lowest BCUT2D eigenvalue weighted by molar-refractivity contribution is -0.147. The highest BCUT2D eigenvalue weighted by molar-refractivity contribution is 5.69. The Hall–Kier alpha value is -1.18. The number of ether oxygens (including phenoxy) is 2. The molecule has 3 N–H and O–H groups in total. The van der Waals surface area contributed by atoms with Gasteiger partial charge < -0.3 is 24.8 Å². The van der Waals surface area contributed by atoms with E-state index in [9.17, 15) is 9.59 Å². The summed E-state index contributed by atoms with van der Waals surface area (Å²) >= 11 is 0. The minimum atomic E-state index is -0.953. The molecule has 0 aromatic heterocycles. The molecular weight excluding hydrogens is 580 g/mol. The number of carbonyl (C=O) groups is 2. The predicted molar refractivity (Wildman–Crippen MR) is 192 cm³/mol. The van der Waals surface area contributed by atoms with Gasteiger partial charge in [-0.15, -0.1) is 0 Å². The third kappa shape index (κ3) is 42.8. The Balaban J connectivity index is 0. The molecule has 0 rings (SSSR count). The second-order valence-corrected chi connectivity index (χ2v) is 13.2. The SMILES string of the molecule is CCCCCCCCCCCCCCCC(=O)OCC(O)CO.CCCCCCCCCCCCCCCCCC(=O)OCCO. The zero-order chi connectivity index (χ0) is 34.2. The number of aliphatic hydroxyl groups excluding tert-OH is 3. The van der Waals surface area contributed by atoms with Crippen molar-refractivity contribution in [3.63, 3.8) is 0 Å². The lowest BCUT2D eigenvalue weighted by atomic mass is 10.0. The van der Waals surface area contributed by atoms with E-state index in [1.165, 1.54) is 154 Å². The van der Waals surface area contributed by atoms with Crippen molar-refractivity contribution in [2.24, 2.45) is 0 Å². The molecule has 0 aromatic rings. The van der Waals surface area contributed by atoms with Gasteiger partial charge in [-0.3, -0.25) is 9.59 Å². The van der Waals surface area contributed by atoms with Crippen LogP contribution in [0.3, 0.4) is 0 Å². The van der Waals surface area contributed by atoms with Crippen molar-refractivity contribution < 1.29 is 34.4 Å². The van der Waals surface area contributed by atoms with Crippen molar-refractivity contribution in [1.82, 2.24) is 0 Å². The molecule has 0 fully saturated rings. The molecule has 7 nitrogen and oxygen atoms in total. The minimum absolute atomic E-state index is 0.0788. The second kappa shape index (κ2) is 41.8. The molecule has 1 unspecified atom stereocenters. The number of aliphatic hydroxyl groups is 3. The van der Waals surface area contributed by atoms with Crippen LogP contribution in [0.2, 0.25) is 0 Å². The normalized spacial score (nSPS) is 11.6. The number of esters is 2. The van der Waals surface area contributed by atoms with Crippen LogP contribution in [0.5, 0.6) is 0 Å². The third-order valence-electron chi connectivity index (χ3n) is 8.47. The maximum absolute atomic E-state index is 11.3. The van der Waals surface area contributed by atoms with Crippen LogP contribution in [0, 0.1) is 0 Å². The first-order valence-corrected chi connectivity index (χ1v) is 19.7. The number of hydrogen-bond acceptors (Lipinski definition) is 7. The first kappa shape index (κ1) is 46.9. The summed E-state index contributed by atoms with van der Waals surface area (Å²) in [5, 5.41) is 26.2. The highest BCUT2D eigenvalue weighted by Crippen LogP contribution is 2.15. The molecule has 0 aliphatic carbocycles. The molecule has 276 valence electrons. The number of rotatable bonds is 35. The van der Waals surface area contributed by atoms with Crippen molar-refractivity contribution in [3.8, 4) is 0 Å². The lowest BCUT2D eigenvalue weighted by Crippen LogP contribution is -2.21. The summed E-state index contributed by atoms with van der Waals surface area (Å²) in [6, 6.07) is 0. The van der Waals surface area contributed by atoms with Gasteiger partial charge in [-0.2, -0.15) is 0 Å². The Bertz CT molecular complexity index is 599. The van der Waals surface area contributed by atoms with Crippen LogP contribution in [0.1, 0.15) is 206 Å². The summed E-state index contributed by atoms with van der Waals surface area (Å²) < 4.78 is 9.67. The Labute approximate surface area is 285 Å². The molecule has 0 bridgehead atoms. The average molecular weight is 659 g/mol. The van der Waals surface area contributed by atoms with Crippen molar-refractivity contribution in [3.05, 3.63) is 0 Å². The van der Waals surface area contributed by atoms with Crippen molar-refractivity contribution in [1.29, 1.82) is 0 Å². The molecule has 7 heteroatoms. The monoisotopic (exact) mass is 659 g/mol. The molecule has 0 aliphatic rings. The van der Waals surface area contributed by atoms with E-state index in [1.807, 2.05) is 0 Å². The predicted octanol–water partition coefficient (Wildman–Crippen LogP) is 10.1. The van der Waals surface area contributed by atoms with E-state index in [-0.39, 0.29) is 38.4 Å². The van der Waals surface area contributed by atoms with E-state index < -0.39 is 6.10 Å². The molecule has 1 atom stereocenters. The van der Waals surface area contributed by atoms with Crippen LogP contribution in [0.15, 0.2) is 0 Å². The topological polar surface area (TPSA) is 113 Å². The third-order valence-corrected chi connectivity index (χ3v) is 8.47. The van der Waals surface area contributed by atoms with Gasteiger partial charge in [0.25, 0.3) is 0 Å². The maximum atomic E-state index is 11.3. The van der Waals surface area contributed by atoms with E-state index in [0.29, 0.717) is 12.8 Å². The summed E-state index contributed by atoms with van der Waals surface area (Å²) in [6.45, 7) is 4.11. The molecule has 0 heterocycles. The van der Waals surface area contributed by atoms with Crippen LogP contribution in [0.25, 0.3) is 0 Å². The van der Waals surface area contributed by atoms with E-state index in [4.69, 9.17) is 24.8 Å². The zero-order valence-corrected chi connectivity index (χ0v) is 30.6. The van der Waals surface area contributed by atoms with E-state index in [2.05, 4.69) is 13.8 Å². The fourth-order valence-electron chi connectivity index (χ4n) is 5.47. The van der Waals surface area contributed by atoms with Crippen LogP contribution >= 0.6 is 0 Å². The molecular formula is C39H78O7. The van der Waals surface area contributed by atoms with Crippen molar-refractivity contribution >= 4 is 11.9 Å². The number of unbranched alkanes of at least 4 members (excludes halogenated alkanes) is 26. The summed E-state index contributed by atoms with van der Waals surface area (Å²) in [5.74, 6) is -0.450. The maximum Gasteiger partial charge on any atom is 0.305 e. The molecule has 0 aromatic carbocycles. The number of carbonyl (C=O) groups excluding carboxylic acids is 2. The summed E-state index contributed by atoms with van der Waals surface area (Å²) in [7, 11) is 0. The standard InChI is InChI=1S/C20H40O3.C19H38O4/c1-2-3-4-5-6-7-8-9-10-11-12-13-14-15-16-17-20(22)23-19-18-21;1-2-3-4-5-6-7-8-9-10-11-12-13-14-15-19(22)23-17-18(21)16-20/h21H,2-19H2,1H3;18,20-21H,2-17H2,1H3. The first-order chi connectivity index (χ1) is 22.5. The second-order valence-electron chi connectivity index (χ2n) is 13.2. The van der Waals surface area contributed by atoms with Gasteiger partial charge in [0.15, 0.2) is 0 Å². The van der Waals surface area contributed by atoms with E-state index >= 15 is 0 Å². The van der Waals surface area contributed by atoms with Gasteiger partial charge in [-0.25, -0.2) is 0 Å². The molecule has 0 amide bonds. The molecule has 0 aliphatic heterocycles. The number of hydrogen-bond donors (Lipinski definition) is 3. The quantitative estimate of drug-likeness (QED) is 0.0459. The van der Waals surface area contributed by atoms with Gasteiger partial charge >= 0.3 is 11.9 Å². The largest absolute Gasteiger partial charge is 0.463 e. The molecule has 0 radical (unpaired) electrons. The van der Waals surface area contributed by atoms with Gasteiger partial charge in [0.1, 0.15) is 19.3 Å². The zero-order valence-electron chi connectivity index (χ0n) is 30.6. The molecule has 0 saturated heterocycles. The minimum Gasteiger partial charge on any atom is -0.463 e. The highest BCUT2D eigenvalue weighted by Gasteiger charge is 2.07. The fraction of sp³-hybridized carbons (Fsp3) is 0.949. The van der Waals surface area contributed by atoms with Gasteiger partial charge in [0, 0.05) is 12.8 Å². The van der Waals surface area contributed by atoms with Crippen LogP contribution < -0.4 is 0 Å². The average Bonchev–Trinajstić information content (AvgIpc) is 3.06.